The molecule has 14 nitrogen and oxygen atoms in total. The summed E-state index contributed by atoms with van der Waals surface area (Å²) in [6.07, 6.45) is 8.80. The molecule has 3 aromatic carbocycles. The van der Waals surface area contributed by atoms with E-state index in [9.17, 15) is 9.59 Å². The molecule has 0 unspecified atom stereocenters. The van der Waals surface area contributed by atoms with Crippen molar-refractivity contribution >= 4 is 21.8 Å². The molecule has 1 aliphatic carbocycles. The number of nitrogens with one attached hydrogen (secondary N) is 1. The van der Waals surface area contributed by atoms with Crippen molar-refractivity contribution in [3.8, 4) is 17.2 Å². The van der Waals surface area contributed by atoms with E-state index in [1.807, 2.05) is 34.6 Å². The summed E-state index contributed by atoms with van der Waals surface area (Å²) in [7, 11) is 1.89. The van der Waals surface area contributed by atoms with Crippen molar-refractivity contribution < 1.29 is 13.7 Å². The zero-order valence-corrected chi connectivity index (χ0v) is 34.9. The van der Waals surface area contributed by atoms with E-state index in [2.05, 4.69) is 62.8 Å². The van der Waals surface area contributed by atoms with Crippen LogP contribution in [0, 0.1) is 25.6 Å². The monoisotopic (exact) mass is 822 g/mol. The predicted molar refractivity (Wildman–Crippen MR) is 227 cm³/mol. The van der Waals surface area contributed by atoms with Crippen molar-refractivity contribution in [2.45, 2.75) is 77.4 Å². The molecule has 7 heterocycles. The number of hydrogen-bond donors (Lipinski definition) is 1. The second kappa shape index (κ2) is 13.9. The number of rotatable bonds is 8. The molecule has 1 saturated heterocycles. The third-order valence-electron chi connectivity index (χ3n) is 13.7. The van der Waals surface area contributed by atoms with Crippen molar-refractivity contribution in [2.75, 3.05) is 19.8 Å². The lowest BCUT2D eigenvalue weighted by atomic mass is 9.91. The predicted octanol–water partition coefficient (Wildman–Crippen LogP) is 6.88. The van der Waals surface area contributed by atoms with Crippen LogP contribution in [-0.4, -0.2) is 68.1 Å². The molecule has 5 aromatic heterocycles. The summed E-state index contributed by atoms with van der Waals surface area (Å²) in [6, 6.07) is 18.4. The highest BCUT2D eigenvalue weighted by Gasteiger charge is 2.58. The zero-order valence-electron chi connectivity index (χ0n) is 34.9. The quantitative estimate of drug-likeness (QED) is 0.175. The molecule has 0 radical (unpaired) electrons. The summed E-state index contributed by atoms with van der Waals surface area (Å²) >= 11 is 0. The van der Waals surface area contributed by atoms with E-state index in [0.717, 1.165) is 76.9 Å². The third kappa shape index (κ3) is 5.84. The molecule has 11 rings (SSSR count). The van der Waals surface area contributed by atoms with Crippen LogP contribution >= 0.6 is 0 Å². The molecule has 1 N–H and O–H groups in total. The number of aryl methyl sites for hydroxylation is 3. The second-order valence-corrected chi connectivity index (χ2v) is 17.4. The fourth-order valence-corrected chi connectivity index (χ4v) is 10.4. The highest BCUT2D eigenvalue weighted by molar-refractivity contribution is 5.83. The van der Waals surface area contributed by atoms with Crippen molar-refractivity contribution in [3.63, 3.8) is 0 Å². The van der Waals surface area contributed by atoms with Crippen LogP contribution in [0.4, 0.5) is 4.39 Å². The summed E-state index contributed by atoms with van der Waals surface area (Å²) < 4.78 is 35.2. The molecule has 3 aliphatic rings. The van der Waals surface area contributed by atoms with E-state index in [-0.39, 0.29) is 23.5 Å². The van der Waals surface area contributed by atoms with Gasteiger partial charge in [-0.1, -0.05) is 18.1 Å². The van der Waals surface area contributed by atoms with E-state index >= 15 is 4.39 Å². The summed E-state index contributed by atoms with van der Waals surface area (Å²) in [4.78, 5) is 32.4. The largest absolute Gasteiger partial charge is 0.438 e. The standard InChI is InChI=1S/C46H47FN10O4/c1-26-18-35(19-27(2)41(26)47)57-42(55-15-14-54(45(55)59)34-7-9-38-33(22-34)24-48-52(38)5)40-29(4)53(13-10-37(40)50-57)25-36-21-32-20-31(30-11-16-60-17-12-30)6-8-39(32)56(36)46(23-28(46)3)43-49-44(58)61-51-43/h6-9,14-15,18-22,24,28-30H,10-13,16-17,23,25H2,1-5H3,(H,49,51,58)/t28-,29-,46-/m0/s1. The van der Waals surface area contributed by atoms with Gasteiger partial charge in [-0.25, -0.2) is 18.7 Å². The Morgan fingerprint density at radius 3 is 2.41 bits per heavy atom. The molecule has 2 aliphatic heterocycles. The fourth-order valence-electron chi connectivity index (χ4n) is 10.4. The van der Waals surface area contributed by atoms with Gasteiger partial charge in [0.25, 0.3) is 0 Å². The van der Waals surface area contributed by atoms with Gasteiger partial charge in [0.05, 0.1) is 28.8 Å². The Hall–Kier alpha value is -6.32. The number of aromatic amines is 1. The zero-order chi connectivity index (χ0) is 41.9. The van der Waals surface area contributed by atoms with Crippen LogP contribution in [-0.2, 0) is 30.3 Å². The van der Waals surface area contributed by atoms with Gasteiger partial charge in [0.1, 0.15) is 17.2 Å². The Bertz CT molecular complexity index is 3130. The van der Waals surface area contributed by atoms with Gasteiger partial charge in [0.2, 0.25) is 0 Å². The maximum atomic E-state index is 15.1. The van der Waals surface area contributed by atoms with E-state index in [4.69, 9.17) is 14.4 Å². The van der Waals surface area contributed by atoms with Gasteiger partial charge in [-0.15, -0.1) is 0 Å². The number of ether oxygens (including phenoxy) is 1. The van der Waals surface area contributed by atoms with Gasteiger partial charge in [-0.2, -0.15) is 10.2 Å². The topological polar surface area (TPSA) is 139 Å². The van der Waals surface area contributed by atoms with Gasteiger partial charge in [-0.3, -0.25) is 28.2 Å². The van der Waals surface area contributed by atoms with Crippen molar-refractivity contribution in [1.29, 1.82) is 0 Å². The first-order chi connectivity index (χ1) is 29.5. The van der Waals surface area contributed by atoms with Crippen LogP contribution in [0.3, 0.4) is 0 Å². The van der Waals surface area contributed by atoms with E-state index in [1.165, 1.54) is 5.56 Å². The Balaban J connectivity index is 1.04. The first-order valence-electron chi connectivity index (χ1n) is 21.1. The number of aromatic nitrogens is 9. The Labute approximate surface area is 349 Å². The lowest BCUT2D eigenvalue weighted by molar-refractivity contribution is 0.0853. The van der Waals surface area contributed by atoms with E-state index in [1.54, 1.807) is 53.7 Å². The maximum absolute atomic E-state index is 15.1. The molecule has 1 saturated carbocycles. The number of nitrogens with zero attached hydrogens (tertiary/aromatic N) is 9. The summed E-state index contributed by atoms with van der Waals surface area (Å²) in [5.74, 6) is 0.966. The van der Waals surface area contributed by atoms with Gasteiger partial charge in [-0.05, 0) is 117 Å². The highest BCUT2D eigenvalue weighted by atomic mass is 19.1. The molecular formula is C46H47FN10O4. The Morgan fingerprint density at radius 1 is 0.918 bits per heavy atom. The molecule has 8 aromatic rings. The van der Waals surface area contributed by atoms with Crippen LogP contribution in [0.5, 0.6) is 0 Å². The normalized spacial score (nSPS) is 20.9. The van der Waals surface area contributed by atoms with Gasteiger partial charge < -0.3 is 9.30 Å². The lowest BCUT2D eigenvalue weighted by Crippen LogP contribution is -2.36. The van der Waals surface area contributed by atoms with E-state index in [0.29, 0.717) is 53.9 Å². The maximum Gasteiger partial charge on any atom is 0.438 e. The average molecular weight is 823 g/mol. The molecule has 15 heteroatoms. The number of benzene rings is 3. The lowest BCUT2D eigenvalue weighted by Gasteiger charge is -2.34. The minimum atomic E-state index is -0.572. The minimum Gasteiger partial charge on any atom is -0.381 e. The summed E-state index contributed by atoms with van der Waals surface area (Å²) in [5, 5.41) is 15.9. The first-order valence-corrected chi connectivity index (χ1v) is 21.1. The molecule has 3 atom stereocenters. The molecule has 2 fully saturated rings. The number of hydrogen-bond acceptors (Lipinski definition) is 8. The molecule has 0 amide bonds. The van der Waals surface area contributed by atoms with Crippen LogP contribution in [0.25, 0.3) is 39.0 Å². The Morgan fingerprint density at radius 2 is 1.67 bits per heavy atom. The SMILES string of the molecule is Cc1cc(-n2nc3c(c2-n2ccn(-c4ccc5c(cnn5C)c4)c2=O)[C@H](C)N(Cc2cc4cc(C5CCOCC5)ccc4n2[C@@]2(c4noc(=O)[nH]4)C[C@@H]2C)CC3)cc(C)c1F. The van der Waals surface area contributed by atoms with Gasteiger partial charge >= 0.3 is 11.4 Å². The Kier molecular flexibility index (Phi) is 8.56. The number of H-pyrrole nitrogens is 1. The van der Waals surface area contributed by atoms with Crippen LogP contribution < -0.4 is 11.4 Å². The highest BCUT2D eigenvalue weighted by Crippen LogP contribution is 2.56. The second-order valence-electron chi connectivity index (χ2n) is 17.4. The average Bonchev–Trinajstić information content (AvgIpc) is 3.88. The van der Waals surface area contributed by atoms with Crippen molar-refractivity contribution in [2.24, 2.45) is 13.0 Å². The van der Waals surface area contributed by atoms with Crippen LogP contribution in [0.2, 0.25) is 0 Å². The summed E-state index contributed by atoms with van der Waals surface area (Å²) in [6.45, 7) is 10.7. The van der Waals surface area contributed by atoms with Gasteiger partial charge in [0.15, 0.2) is 5.82 Å². The minimum absolute atomic E-state index is 0.180. The van der Waals surface area contributed by atoms with Crippen LogP contribution in [0.15, 0.2) is 87.3 Å². The fraction of sp³-hybridized carbons (Fsp3) is 0.370. The van der Waals surface area contributed by atoms with Crippen molar-refractivity contribution in [3.05, 3.63) is 140 Å². The van der Waals surface area contributed by atoms with Crippen molar-refractivity contribution in [1.82, 2.24) is 48.3 Å². The van der Waals surface area contributed by atoms with Gasteiger partial charge in [0, 0.05) is 85.8 Å². The molecular weight excluding hydrogens is 776 g/mol. The number of imidazole rings is 1. The molecule has 0 bridgehead atoms. The summed E-state index contributed by atoms with van der Waals surface area (Å²) in [5.41, 5.74) is 7.87. The number of halogens is 1. The molecule has 0 spiro atoms. The number of fused-ring (bicyclic) bond motifs is 3. The smallest absolute Gasteiger partial charge is 0.381 e. The van der Waals surface area contributed by atoms with Crippen LogP contribution in [0.1, 0.15) is 84.5 Å². The first kappa shape index (κ1) is 37.7. The third-order valence-corrected chi connectivity index (χ3v) is 13.7. The van der Waals surface area contributed by atoms with E-state index < -0.39 is 11.3 Å². The molecule has 61 heavy (non-hydrogen) atoms. The molecule has 312 valence electrons.